The molecule has 2 unspecified atom stereocenters. The third-order valence-electron chi connectivity index (χ3n) is 3.32. The van der Waals surface area contributed by atoms with Gasteiger partial charge >= 0.3 is 0 Å². The van der Waals surface area contributed by atoms with Gasteiger partial charge in [-0.3, -0.25) is 4.79 Å². The first-order valence-electron chi connectivity index (χ1n) is 5.85. The van der Waals surface area contributed by atoms with Gasteiger partial charge in [0.1, 0.15) is 5.82 Å². The molecule has 1 aromatic rings. The van der Waals surface area contributed by atoms with Crippen LogP contribution >= 0.6 is 0 Å². The van der Waals surface area contributed by atoms with Gasteiger partial charge in [0.25, 0.3) is 0 Å². The lowest BCUT2D eigenvalue weighted by molar-refractivity contribution is -0.134. The molecule has 1 amide bonds. The molecular formula is C13H17FN2O. The maximum absolute atomic E-state index is 13.8. The highest BCUT2D eigenvalue weighted by Gasteiger charge is 2.30. The molecule has 0 aromatic heterocycles. The molecule has 0 saturated heterocycles. The molecule has 1 aromatic carbocycles. The second kappa shape index (κ2) is 4.45. The van der Waals surface area contributed by atoms with E-state index in [4.69, 9.17) is 5.73 Å². The standard InChI is InChI=1S/C13H17FN2O/c1-8(15)13(17)16-7-6-10-4-3-5-11(14)12(10)9(16)2/h3-5,8-9H,6-7,15H2,1-2H3. The van der Waals surface area contributed by atoms with Crippen molar-refractivity contribution in [3.63, 3.8) is 0 Å². The summed E-state index contributed by atoms with van der Waals surface area (Å²) in [6.45, 7) is 4.12. The van der Waals surface area contributed by atoms with Crippen molar-refractivity contribution in [1.29, 1.82) is 0 Å². The second-order valence-electron chi connectivity index (χ2n) is 4.56. The maximum Gasteiger partial charge on any atom is 0.239 e. The molecule has 0 bridgehead atoms. The lowest BCUT2D eigenvalue weighted by Crippen LogP contribution is -2.46. The molecule has 17 heavy (non-hydrogen) atoms. The SMILES string of the molecule is CC(N)C(=O)N1CCc2cccc(F)c2C1C. The minimum absolute atomic E-state index is 0.119. The van der Waals surface area contributed by atoms with E-state index < -0.39 is 6.04 Å². The average Bonchev–Trinajstić information content (AvgIpc) is 2.28. The minimum Gasteiger partial charge on any atom is -0.334 e. The number of hydrogen-bond acceptors (Lipinski definition) is 2. The van der Waals surface area contributed by atoms with Crippen LogP contribution in [-0.2, 0) is 11.2 Å². The predicted octanol–water partition coefficient (Wildman–Crippen LogP) is 1.62. The highest BCUT2D eigenvalue weighted by atomic mass is 19.1. The summed E-state index contributed by atoms with van der Waals surface area (Å²) in [6.07, 6.45) is 0.690. The molecular weight excluding hydrogens is 219 g/mol. The van der Waals surface area contributed by atoms with Crippen LogP contribution in [0.3, 0.4) is 0 Å². The van der Waals surface area contributed by atoms with Gasteiger partial charge < -0.3 is 10.6 Å². The molecule has 0 spiro atoms. The van der Waals surface area contributed by atoms with Gasteiger partial charge in [0.05, 0.1) is 12.1 Å². The van der Waals surface area contributed by atoms with Gasteiger partial charge in [-0.05, 0) is 31.9 Å². The molecule has 1 heterocycles. The van der Waals surface area contributed by atoms with Gasteiger partial charge in [0, 0.05) is 12.1 Å². The van der Waals surface area contributed by atoms with E-state index in [9.17, 15) is 9.18 Å². The Hall–Kier alpha value is -1.42. The van der Waals surface area contributed by atoms with Gasteiger partial charge in [-0.2, -0.15) is 0 Å². The Labute approximate surface area is 100 Å². The first-order chi connectivity index (χ1) is 8.02. The zero-order valence-electron chi connectivity index (χ0n) is 10.1. The molecule has 0 fully saturated rings. The third-order valence-corrected chi connectivity index (χ3v) is 3.32. The van der Waals surface area contributed by atoms with Crippen molar-refractivity contribution < 1.29 is 9.18 Å². The van der Waals surface area contributed by atoms with Crippen LogP contribution in [0.5, 0.6) is 0 Å². The van der Waals surface area contributed by atoms with Gasteiger partial charge in [-0.25, -0.2) is 4.39 Å². The summed E-state index contributed by atoms with van der Waals surface area (Å²) >= 11 is 0. The van der Waals surface area contributed by atoms with Crippen molar-refractivity contribution in [2.24, 2.45) is 5.73 Å². The van der Waals surface area contributed by atoms with Crippen molar-refractivity contribution in [2.45, 2.75) is 32.4 Å². The molecule has 2 atom stereocenters. The Kier molecular flexibility index (Phi) is 3.15. The number of nitrogens with zero attached hydrogens (tertiary/aromatic N) is 1. The smallest absolute Gasteiger partial charge is 0.239 e. The number of nitrogens with two attached hydrogens (primary N) is 1. The monoisotopic (exact) mass is 236 g/mol. The fraction of sp³-hybridized carbons (Fsp3) is 0.462. The number of benzene rings is 1. The van der Waals surface area contributed by atoms with Crippen molar-refractivity contribution in [2.75, 3.05) is 6.54 Å². The summed E-state index contributed by atoms with van der Waals surface area (Å²) in [5.41, 5.74) is 7.23. The normalized spacial score (nSPS) is 20.9. The quantitative estimate of drug-likeness (QED) is 0.805. The van der Waals surface area contributed by atoms with Gasteiger partial charge in [0.15, 0.2) is 0 Å². The first kappa shape index (κ1) is 12.0. The Bertz CT molecular complexity index is 445. The fourth-order valence-corrected chi connectivity index (χ4v) is 2.42. The number of fused-ring (bicyclic) bond motifs is 1. The Morgan fingerprint density at radius 1 is 1.59 bits per heavy atom. The molecule has 0 radical (unpaired) electrons. The largest absolute Gasteiger partial charge is 0.334 e. The van der Waals surface area contributed by atoms with Crippen LogP contribution in [0.25, 0.3) is 0 Å². The third kappa shape index (κ3) is 2.05. The molecule has 0 aliphatic carbocycles. The fourth-order valence-electron chi connectivity index (χ4n) is 2.42. The number of halogens is 1. The molecule has 3 nitrogen and oxygen atoms in total. The van der Waals surface area contributed by atoms with E-state index in [0.29, 0.717) is 18.5 Å². The van der Waals surface area contributed by atoms with Gasteiger partial charge in [-0.1, -0.05) is 12.1 Å². The van der Waals surface area contributed by atoms with Crippen LogP contribution < -0.4 is 5.73 Å². The number of hydrogen-bond donors (Lipinski definition) is 1. The first-order valence-corrected chi connectivity index (χ1v) is 5.85. The van der Waals surface area contributed by atoms with Crippen LogP contribution in [0.1, 0.15) is 31.0 Å². The second-order valence-corrected chi connectivity index (χ2v) is 4.56. The molecule has 4 heteroatoms. The van der Waals surface area contributed by atoms with E-state index in [1.807, 2.05) is 13.0 Å². The lowest BCUT2D eigenvalue weighted by atomic mass is 9.92. The number of carbonyl (C=O) groups is 1. The van der Waals surface area contributed by atoms with E-state index in [-0.39, 0.29) is 17.8 Å². The van der Waals surface area contributed by atoms with Crippen LogP contribution in [0.2, 0.25) is 0 Å². The predicted molar refractivity (Wildman–Crippen MR) is 63.9 cm³/mol. The maximum atomic E-state index is 13.8. The highest BCUT2D eigenvalue weighted by Crippen LogP contribution is 2.31. The zero-order valence-corrected chi connectivity index (χ0v) is 10.1. The highest BCUT2D eigenvalue weighted by molar-refractivity contribution is 5.82. The van der Waals surface area contributed by atoms with Gasteiger partial charge in [0.2, 0.25) is 5.91 Å². The Morgan fingerprint density at radius 2 is 2.29 bits per heavy atom. The van der Waals surface area contributed by atoms with E-state index in [0.717, 1.165) is 5.56 Å². The van der Waals surface area contributed by atoms with Crippen LogP contribution in [0.15, 0.2) is 18.2 Å². The van der Waals surface area contributed by atoms with Crippen molar-refractivity contribution in [3.05, 3.63) is 35.1 Å². The van der Waals surface area contributed by atoms with Crippen LogP contribution in [0, 0.1) is 5.82 Å². The molecule has 2 rings (SSSR count). The van der Waals surface area contributed by atoms with Gasteiger partial charge in [-0.15, -0.1) is 0 Å². The molecule has 2 N–H and O–H groups in total. The van der Waals surface area contributed by atoms with Crippen LogP contribution in [0.4, 0.5) is 4.39 Å². The van der Waals surface area contributed by atoms with E-state index in [2.05, 4.69) is 0 Å². The summed E-state index contributed by atoms with van der Waals surface area (Å²) in [6, 6.07) is 4.30. The summed E-state index contributed by atoms with van der Waals surface area (Å²) in [5.74, 6) is -0.358. The molecule has 1 aliphatic rings. The lowest BCUT2D eigenvalue weighted by Gasteiger charge is -2.36. The van der Waals surface area contributed by atoms with Crippen molar-refractivity contribution >= 4 is 5.91 Å². The minimum atomic E-state index is -0.536. The summed E-state index contributed by atoms with van der Waals surface area (Å²) in [4.78, 5) is 13.6. The van der Waals surface area contributed by atoms with E-state index >= 15 is 0 Å². The number of carbonyl (C=O) groups excluding carboxylic acids is 1. The summed E-state index contributed by atoms with van der Waals surface area (Å²) in [5, 5.41) is 0. The van der Waals surface area contributed by atoms with Crippen LogP contribution in [-0.4, -0.2) is 23.4 Å². The Balaban J connectivity index is 2.36. The number of amides is 1. The van der Waals surface area contributed by atoms with E-state index in [1.54, 1.807) is 17.9 Å². The van der Waals surface area contributed by atoms with Crippen molar-refractivity contribution in [3.8, 4) is 0 Å². The zero-order chi connectivity index (χ0) is 12.6. The van der Waals surface area contributed by atoms with E-state index in [1.165, 1.54) is 6.07 Å². The molecule has 1 aliphatic heterocycles. The summed E-state index contributed by atoms with van der Waals surface area (Å²) in [7, 11) is 0. The molecule has 92 valence electrons. The Morgan fingerprint density at radius 3 is 2.94 bits per heavy atom. The average molecular weight is 236 g/mol. The topological polar surface area (TPSA) is 46.3 Å². The summed E-state index contributed by atoms with van der Waals surface area (Å²) < 4.78 is 13.8. The molecule has 0 saturated carbocycles. The number of rotatable bonds is 1. The van der Waals surface area contributed by atoms with Crippen molar-refractivity contribution in [1.82, 2.24) is 4.90 Å².